The maximum atomic E-state index is 12.4. The van der Waals surface area contributed by atoms with Crippen LogP contribution in [0.5, 0.6) is 0 Å². The molecule has 1 aliphatic heterocycles. The fourth-order valence-corrected chi connectivity index (χ4v) is 5.54. The molecule has 1 saturated carbocycles. The first kappa shape index (κ1) is 18.4. The second-order valence-corrected chi connectivity index (χ2v) is 9.27. The lowest BCUT2D eigenvalue weighted by Crippen LogP contribution is -2.40. The third-order valence-electron chi connectivity index (χ3n) is 5.30. The number of carbonyl (C=O) groups is 1. The zero-order valence-corrected chi connectivity index (χ0v) is 15.6. The summed E-state index contributed by atoms with van der Waals surface area (Å²) in [6.45, 7) is 2.91. The van der Waals surface area contributed by atoms with Crippen LogP contribution in [0.4, 0.5) is 5.69 Å². The van der Waals surface area contributed by atoms with Crippen LogP contribution in [0, 0.1) is 5.92 Å². The minimum Gasteiger partial charge on any atom is -0.323 e. The number of amides is 1. The van der Waals surface area contributed by atoms with E-state index in [1.165, 1.54) is 0 Å². The van der Waals surface area contributed by atoms with E-state index < -0.39 is 10.0 Å². The SMILES string of the molecule is CCCS(=O)(=O)N1CCCC(c2[nH]ncc2NC(=O)C2CCCC2)C1. The molecule has 0 bridgehead atoms. The minimum absolute atomic E-state index is 0.0433. The highest BCUT2D eigenvalue weighted by molar-refractivity contribution is 7.89. The molecule has 2 heterocycles. The summed E-state index contributed by atoms with van der Waals surface area (Å²) in [5.41, 5.74) is 1.55. The second-order valence-electron chi connectivity index (χ2n) is 7.18. The summed E-state index contributed by atoms with van der Waals surface area (Å²) in [5.74, 6) is 0.386. The van der Waals surface area contributed by atoms with E-state index in [2.05, 4.69) is 15.5 Å². The standard InChI is InChI=1S/C17H28N4O3S/c1-2-10-25(23,24)21-9-5-8-14(12-21)16-15(11-18-20-16)19-17(22)13-6-3-4-7-13/h11,13-14H,2-10,12H2,1H3,(H,18,20)(H,19,22). The summed E-state index contributed by atoms with van der Waals surface area (Å²) in [4.78, 5) is 12.4. The topological polar surface area (TPSA) is 95.2 Å². The third-order valence-corrected chi connectivity index (χ3v) is 7.34. The van der Waals surface area contributed by atoms with Crippen LogP contribution in [-0.4, -0.2) is 47.7 Å². The van der Waals surface area contributed by atoms with E-state index in [0.29, 0.717) is 25.2 Å². The van der Waals surface area contributed by atoms with Crippen LogP contribution in [0.3, 0.4) is 0 Å². The van der Waals surface area contributed by atoms with E-state index >= 15 is 0 Å². The Morgan fingerprint density at radius 2 is 2.08 bits per heavy atom. The first-order valence-corrected chi connectivity index (χ1v) is 10.9. The van der Waals surface area contributed by atoms with Gasteiger partial charge in [0.25, 0.3) is 0 Å². The normalized spacial score (nSPS) is 23.0. The molecule has 0 radical (unpaired) electrons. The highest BCUT2D eigenvalue weighted by Crippen LogP contribution is 2.32. The van der Waals surface area contributed by atoms with Crippen LogP contribution in [0.1, 0.15) is 63.5 Å². The molecule has 0 spiro atoms. The van der Waals surface area contributed by atoms with Crippen molar-refractivity contribution >= 4 is 21.6 Å². The highest BCUT2D eigenvalue weighted by Gasteiger charge is 2.31. The largest absolute Gasteiger partial charge is 0.323 e. The minimum atomic E-state index is -3.19. The van der Waals surface area contributed by atoms with Crippen LogP contribution >= 0.6 is 0 Å². The van der Waals surface area contributed by atoms with Gasteiger partial charge in [-0.05, 0) is 32.1 Å². The monoisotopic (exact) mass is 368 g/mol. The number of hydrogen-bond donors (Lipinski definition) is 2. The van der Waals surface area contributed by atoms with Gasteiger partial charge in [-0.3, -0.25) is 9.89 Å². The fraction of sp³-hybridized carbons (Fsp3) is 0.765. The molecule has 1 saturated heterocycles. The second kappa shape index (κ2) is 7.86. The molecule has 1 unspecified atom stereocenters. The lowest BCUT2D eigenvalue weighted by molar-refractivity contribution is -0.119. The predicted octanol–water partition coefficient (Wildman–Crippen LogP) is 2.46. The van der Waals surface area contributed by atoms with Crippen LogP contribution in [-0.2, 0) is 14.8 Å². The Hall–Kier alpha value is -1.41. The molecule has 1 aromatic heterocycles. The van der Waals surface area contributed by atoms with Crippen molar-refractivity contribution in [1.29, 1.82) is 0 Å². The summed E-state index contributed by atoms with van der Waals surface area (Å²) in [6, 6.07) is 0. The van der Waals surface area contributed by atoms with E-state index in [1.807, 2.05) is 6.92 Å². The van der Waals surface area contributed by atoms with E-state index in [4.69, 9.17) is 0 Å². The lowest BCUT2D eigenvalue weighted by atomic mass is 9.95. The van der Waals surface area contributed by atoms with Gasteiger partial charge in [0.2, 0.25) is 15.9 Å². The van der Waals surface area contributed by atoms with Crippen molar-refractivity contribution in [3.05, 3.63) is 11.9 Å². The molecule has 140 valence electrons. The van der Waals surface area contributed by atoms with Crippen molar-refractivity contribution in [2.45, 2.75) is 57.8 Å². The van der Waals surface area contributed by atoms with Gasteiger partial charge in [-0.2, -0.15) is 5.10 Å². The maximum Gasteiger partial charge on any atom is 0.227 e. The summed E-state index contributed by atoms with van der Waals surface area (Å²) >= 11 is 0. The number of piperidine rings is 1. The number of aromatic amines is 1. The zero-order chi connectivity index (χ0) is 17.9. The Morgan fingerprint density at radius 1 is 1.32 bits per heavy atom. The van der Waals surface area contributed by atoms with Gasteiger partial charge >= 0.3 is 0 Å². The number of rotatable bonds is 6. The van der Waals surface area contributed by atoms with Gasteiger partial charge in [-0.15, -0.1) is 0 Å². The molecule has 7 nitrogen and oxygen atoms in total. The quantitative estimate of drug-likeness (QED) is 0.806. The van der Waals surface area contributed by atoms with Crippen LogP contribution in [0.15, 0.2) is 6.20 Å². The molecule has 1 aliphatic carbocycles. The van der Waals surface area contributed by atoms with Gasteiger partial charge in [-0.1, -0.05) is 19.8 Å². The number of anilines is 1. The van der Waals surface area contributed by atoms with E-state index in [9.17, 15) is 13.2 Å². The first-order chi connectivity index (χ1) is 12.0. The molecule has 1 aromatic rings. The summed E-state index contributed by atoms with van der Waals surface area (Å²) < 4.78 is 26.3. The molecule has 0 aromatic carbocycles. The zero-order valence-electron chi connectivity index (χ0n) is 14.8. The molecule has 8 heteroatoms. The smallest absolute Gasteiger partial charge is 0.227 e. The van der Waals surface area contributed by atoms with E-state index in [-0.39, 0.29) is 23.5 Å². The number of sulfonamides is 1. The average Bonchev–Trinajstić information content (AvgIpc) is 3.26. The summed E-state index contributed by atoms with van der Waals surface area (Å²) in [7, 11) is -3.19. The Morgan fingerprint density at radius 3 is 2.80 bits per heavy atom. The highest BCUT2D eigenvalue weighted by atomic mass is 32.2. The molecular weight excluding hydrogens is 340 g/mol. The van der Waals surface area contributed by atoms with Crippen LogP contribution in [0.25, 0.3) is 0 Å². The third kappa shape index (κ3) is 4.23. The Labute approximate surface area is 149 Å². The summed E-state index contributed by atoms with van der Waals surface area (Å²) in [6.07, 6.45) is 8.11. The first-order valence-electron chi connectivity index (χ1n) is 9.33. The van der Waals surface area contributed by atoms with E-state index in [0.717, 1.165) is 44.2 Å². The van der Waals surface area contributed by atoms with Crippen LogP contribution < -0.4 is 5.32 Å². The lowest BCUT2D eigenvalue weighted by Gasteiger charge is -2.31. The number of carbonyl (C=O) groups excluding carboxylic acids is 1. The number of H-pyrrole nitrogens is 1. The number of nitrogens with zero attached hydrogens (tertiary/aromatic N) is 2. The van der Waals surface area contributed by atoms with Gasteiger partial charge in [0.05, 0.1) is 23.3 Å². The molecule has 2 N–H and O–H groups in total. The van der Waals surface area contributed by atoms with Crippen LogP contribution in [0.2, 0.25) is 0 Å². The van der Waals surface area contributed by atoms with E-state index in [1.54, 1.807) is 10.5 Å². The molecule has 2 aliphatic rings. The van der Waals surface area contributed by atoms with Crippen molar-refractivity contribution in [2.24, 2.45) is 5.92 Å². The molecule has 25 heavy (non-hydrogen) atoms. The molecular formula is C17H28N4O3S. The Bertz CT molecular complexity index is 695. The van der Waals surface area contributed by atoms with Gasteiger partial charge in [-0.25, -0.2) is 12.7 Å². The van der Waals surface area contributed by atoms with Gasteiger partial charge in [0, 0.05) is 24.9 Å². The van der Waals surface area contributed by atoms with Gasteiger partial charge < -0.3 is 5.32 Å². The van der Waals surface area contributed by atoms with Crippen molar-refractivity contribution < 1.29 is 13.2 Å². The maximum absolute atomic E-state index is 12.4. The number of aromatic nitrogens is 2. The molecule has 2 fully saturated rings. The summed E-state index contributed by atoms with van der Waals surface area (Å²) in [5, 5.41) is 10.1. The fourth-order valence-electron chi connectivity index (χ4n) is 3.95. The Balaban J connectivity index is 1.69. The van der Waals surface area contributed by atoms with Crippen molar-refractivity contribution in [3.8, 4) is 0 Å². The number of hydrogen-bond acceptors (Lipinski definition) is 4. The van der Waals surface area contributed by atoms with Gasteiger partial charge in [0.15, 0.2) is 0 Å². The molecule has 1 atom stereocenters. The average molecular weight is 369 g/mol. The molecule has 1 amide bonds. The van der Waals surface area contributed by atoms with Crippen molar-refractivity contribution in [2.75, 3.05) is 24.2 Å². The van der Waals surface area contributed by atoms with Crippen molar-refractivity contribution in [1.82, 2.24) is 14.5 Å². The molecule has 3 rings (SSSR count). The predicted molar refractivity (Wildman–Crippen MR) is 96.8 cm³/mol. The van der Waals surface area contributed by atoms with Gasteiger partial charge in [0.1, 0.15) is 0 Å². The number of nitrogens with one attached hydrogen (secondary N) is 2. The Kier molecular flexibility index (Phi) is 5.78. The van der Waals surface area contributed by atoms with Crippen molar-refractivity contribution in [3.63, 3.8) is 0 Å².